The quantitative estimate of drug-likeness (QED) is 0.805. The molecule has 0 aliphatic carbocycles. The van der Waals surface area contributed by atoms with Gasteiger partial charge in [0.2, 0.25) is 17.6 Å². The number of amides is 1. The minimum absolute atomic E-state index is 0.0201. The second-order valence-corrected chi connectivity index (χ2v) is 8.30. The molecule has 1 aliphatic heterocycles. The molecule has 0 radical (unpaired) electrons. The van der Waals surface area contributed by atoms with Crippen LogP contribution in [0, 0.1) is 5.41 Å². The second kappa shape index (κ2) is 7.16. The molecule has 25 heavy (non-hydrogen) atoms. The highest BCUT2D eigenvalue weighted by atomic mass is 35.5. The third kappa shape index (κ3) is 4.60. The molecule has 0 spiro atoms. The van der Waals surface area contributed by atoms with E-state index in [1.54, 1.807) is 0 Å². The first kappa shape index (κ1) is 17.9. The third-order valence-electron chi connectivity index (χ3n) is 4.40. The largest absolute Gasteiger partial charge is 0.343 e. The maximum absolute atomic E-state index is 12.3. The molecule has 0 atom stereocenters. The Labute approximate surface area is 153 Å². The first-order valence-electron chi connectivity index (χ1n) is 8.69. The highest BCUT2D eigenvalue weighted by Gasteiger charge is 2.29. The van der Waals surface area contributed by atoms with Crippen LogP contribution >= 0.6 is 11.6 Å². The first-order valence-corrected chi connectivity index (χ1v) is 9.07. The molecule has 1 fully saturated rings. The SMILES string of the molecule is CC(C)(C)CC(=O)N1CCC(c2nc(-c3cccc(Cl)c3)no2)CC1. The van der Waals surface area contributed by atoms with Gasteiger partial charge in [0.1, 0.15) is 0 Å². The van der Waals surface area contributed by atoms with E-state index in [4.69, 9.17) is 16.1 Å². The molecule has 1 saturated heterocycles. The van der Waals surface area contributed by atoms with Gasteiger partial charge in [0.15, 0.2) is 0 Å². The van der Waals surface area contributed by atoms with Crippen LogP contribution < -0.4 is 0 Å². The molecule has 1 amide bonds. The lowest BCUT2D eigenvalue weighted by Gasteiger charge is -2.32. The highest BCUT2D eigenvalue weighted by molar-refractivity contribution is 6.30. The van der Waals surface area contributed by atoms with Gasteiger partial charge in [-0.15, -0.1) is 0 Å². The molecule has 0 N–H and O–H groups in total. The normalized spacial score (nSPS) is 16.2. The van der Waals surface area contributed by atoms with Crippen LogP contribution in [0.4, 0.5) is 0 Å². The molecule has 0 bridgehead atoms. The molecular weight excluding hydrogens is 338 g/mol. The van der Waals surface area contributed by atoms with Gasteiger partial charge in [-0.1, -0.05) is 49.7 Å². The van der Waals surface area contributed by atoms with Crippen molar-refractivity contribution in [3.05, 3.63) is 35.2 Å². The van der Waals surface area contributed by atoms with Gasteiger partial charge in [0, 0.05) is 36.0 Å². The fourth-order valence-corrected chi connectivity index (χ4v) is 3.28. The number of hydrogen-bond acceptors (Lipinski definition) is 4. The van der Waals surface area contributed by atoms with Gasteiger partial charge in [0.25, 0.3) is 0 Å². The fraction of sp³-hybridized carbons (Fsp3) is 0.526. The van der Waals surface area contributed by atoms with Crippen molar-refractivity contribution in [2.45, 2.75) is 46.0 Å². The summed E-state index contributed by atoms with van der Waals surface area (Å²) in [6, 6.07) is 7.42. The minimum atomic E-state index is 0.0201. The van der Waals surface area contributed by atoms with Crippen molar-refractivity contribution in [1.82, 2.24) is 15.0 Å². The second-order valence-electron chi connectivity index (χ2n) is 7.86. The number of halogens is 1. The fourth-order valence-electron chi connectivity index (χ4n) is 3.09. The maximum atomic E-state index is 12.3. The van der Waals surface area contributed by atoms with E-state index >= 15 is 0 Å². The summed E-state index contributed by atoms with van der Waals surface area (Å²) in [5.74, 6) is 1.65. The van der Waals surface area contributed by atoms with Gasteiger partial charge in [-0.3, -0.25) is 4.79 Å². The standard InChI is InChI=1S/C19H24ClN3O2/c1-19(2,3)12-16(24)23-9-7-13(8-10-23)18-21-17(22-25-18)14-5-4-6-15(20)11-14/h4-6,11,13H,7-10,12H2,1-3H3. The Morgan fingerprint density at radius 1 is 1.32 bits per heavy atom. The first-order chi connectivity index (χ1) is 11.8. The summed E-state index contributed by atoms with van der Waals surface area (Å²) in [6.45, 7) is 7.76. The number of nitrogens with zero attached hydrogens (tertiary/aromatic N) is 3. The van der Waals surface area contributed by atoms with Crippen LogP contribution in [0.2, 0.25) is 5.02 Å². The molecule has 3 rings (SSSR count). The summed E-state index contributed by atoms with van der Waals surface area (Å²) in [5, 5.41) is 4.73. The number of benzene rings is 1. The predicted octanol–water partition coefficient (Wildman–Crippen LogP) is 4.53. The zero-order valence-corrected chi connectivity index (χ0v) is 15.7. The van der Waals surface area contributed by atoms with Crippen LogP contribution in [-0.2, 0) is 4.79 Å². The molecule has 6 heteroatoms. The average molecular weight is 362 g/mol. The molecule has 1 aromatic carbocycles. The van der Waals surface area contributed by atoms with E-state index < -0.39 is 0 Å². The summed E-state index contributed by atoms with van der Waals surface area (Å²) in [5.41, 5.74) is 0.868. The van der Waals surface area contributed by atoms with E-state index in [1.807, 2.05) is 29.2 Å². The molecule has 1 aromatic heterocycles. The van der Waals surface area contributed by atoms with Crippen molar-refractivity contribution in [3.8, 4) is 11.4 Å². The molecule has 2 aromatic rings. The summed E-state index contributed by atoms with van der Waals surface area (Å²) >= 11 is 6.02. The monoisotopic (exact) mass is 361 g/mol. The minimum Gasteiger partial charge on any atom is -0.343 e. The summed E-state index contributed by atoms with van der Waals surface area (Å²) in [4.78, 5) is 18.8. The van der Waals surface area contributed by atoms with Gasteiger partial charge in [-0.2, -0.15) is 4.98 Å². The van der Waals surface area contributed by atoms with Gasteiger partial charge < -0.3 is 9.42 Å². The van der Waals surface area contributed by atoms with E-state index in [-0.39, 0.29) is 17.2 Å². The number of aromatic nitrogens is 2. The van der Waals surface area contributed by atoms with Crippen molar-refractivity contribution in [1.29, 1.82) is 0 Å². The lowest BCUT2D eigenvalue weighted by molar-refractivity contribution is -0.134. The number of rotatable bonds is 3. The molecule has 2 heterocycles. The van der Waals surface area contributed by atoms with E-state index in [9.17, 15) is 4.79 Å². The number of hydrogen-bond donors (Lipinski definition) is 0. The van der Waals surface area contributed by atoms with Gasteiger partial charge >= 0.3 is 0 Å². The van der Waals surface area contributed by atoms with Gasteiger partial charge in [-0.05, 0) is 30.4 Å². The van der Waals surface area contributed by atoms with Crippen LogP contribution in [-0.4, -0.2) is 34.0 Å². The zero-order chi connectivity index (χ0) is 18.0. The van der Waals surface area contributed by atoms with Crippen LogP contribution in [0.25, 0.3) is 11.4 Å². The van der Waals surface area contributed by atoms with Crippen molar-refractivity contribution >= 4 is 17.5 Å². The van der Waals surface area contributed by atoms with E-state index in [2.05, 4.69) is 30.9 Å². The number of piperidine rings is 1. The van der Waals surface area contributed by atoms with Crippen molar-refractivity contribution in [2.75, 3.05) is 13.1 Å². The topological polar surface area (TPSA) is 59.2 Å². The van der Waals surface area contributed by atoms with E-state index in [0.29, 0.717) is 23.2 Å². The number of carbonyl (C=O) groups is 1. The van der Waals surface area contributed by atoms with Crippen LogP contribution in [0.3, 0.4) is 0 Å². The van der Waals surface area contributed by atoms with E-state index in [0.717, 1.165) is 31.5 Å². The van der Waals surface area contributed by atoms with Crippen LogP contribution in [0.5, 0.6) is 0 Å². The highest BCUT2D eigenvalue weighted by Crippen LogP contribution is 2.30. The summed E-state index contributed by atoms with van der Waals surface area (Å²) in [6.07, 6.45) is 2.29. The summed E-state index contributed by atoms with van der Waals surface area (Å²) < 4.78 is 5.47. The predicted molar refractivity (Wildman–Crippen MR) is 97.4 cm³/mol. The van der Waals surface area contributed by atoms with E-state index in [1.165, 1.54) is 0 Å². The Kier molecular flexibility index (Phi) is 5.13. The van der Waals surface area contributed by atoms with Crippen LogP contribution in [0.15, 0.2) is 28.8 Å². The Morgan fingerprint density at radius 2 is 2.04 bits per heavy atom. The van der Waals surface area contributed by atoms with Crippen molar-refractivity contribution < 1.29 is 9.32 Å². The van der Waals surface area contributed by atoms with Gasteiger partial charge in [0.05, 0.1) is 0 Å². The molecule has 134 valence electrons. The Balaban J connectivity index is 1.61. The average Bonchev–Trinajstić information content (AvgIpc) is 3.03. The molecule has 5 nitrogen and oxygen atoms in total. The number of likely N-dealkylation sites (tertiary alicyclic amines) is 1. The lowest BCUT2D eigenvalue weighted by Crippen LogP contribution is -2.39. The smallest absolute Gasteiger partial charge is 0.230 e. The van der Waals surface area contributed by atoms with Gasteiger partial charge in [-0.25, -0.2) is 0 Å². The molecule has 0 saturated carbocycles. The van der Waals surface area contributed by atoms with Crippen molar-refractivity contribution in [3.63, 3.8) is 0 Å². The number of carbonyl (C=O) groups excluding carboxylic acids is 1. The van der Waals surface area contributed by atoms with Crippen LogP contribution in [0.1, 0.15) is 51.8 Å². The Bertz CT molecular complexity index is 743. The maximum Gasteiger partial charge on any atom is 0.230 e. The Morgan fingerprint density at radius 3 is 2.68 bits per heavy atom. The summed E-state index contributed by atoms with van der Waals surface area (Å²) in [7, 11) is 0. The van der Waals surface area contributed by atoms with Crippen molar-refractivity contribution in [2.24, 2.45) is 5.41 Å². The Hall–Kier alpha value is -1.88. The lowest BCUT2D eigenvalue weighted by atomic mass is 9.90. The molecular formula is C19H24ClN3O2. The molecule has 1 aliphatic rings. The zero-order valence-electron chi connectivity index (χ0n) is 15.0. The molecule has 0 unspecified atom stereocenters. The third-order valence-corrected chi connectivity index (χ3v) is 4.64.